The molecule has 100 valence electrons. The molecule has 19 heavy (non-hydrogen) atoms. The molecule has 0 saturated heterocycles. The summed E-state index contributed by atoms with van der Waals surface area (Å²) in [6.45, 7) is 0. The van der Waals surface area contributed by atoms with Gasteiger partial charge in [-0.1, -0.05) is 0 Å². The van der Waals surface area contributed by atoms with E-state index in [2.05, 4.69) is 4.98 Å². The lowest BCUT2D eigenvalue weighted by Crippen LogP contribution is -2.05. The summed E-state index contributed by atoms with van der Waals surface area (Å²) in [5.41, 5.74) is -1.50. The zero-order chi connectivity index (χ0) is 14.2. The number of nitrogens with zero attached hydrogens (tertiary/aromatic N) is 1. The first kappa shape index (κ1) is 13.1. The van der Waals surface area contributed by atoms with Crippen LogP contribution in [0.15, 0.2) is 28.8 Å². The highest BCUT2D eigenvalue weighted by Crippen LogP contribution is 2.33. The molecule has 0 atom stereocenters. The maximum absolute atomic E-state index is 13.1. The molecule has 0 spiro atoms. The van der Waals surface area contributed by atoms with Gasteiger partial charge >= 0.3 is 12.1 Å². The number of oxazole rings is 1. The fraction of sp³-hybridized carbons (Fsp3) is 0.0909. The van der Waals surface area contributed by atoms with Crippen LogP contribution in [0.2, 0.25) is 0 Å². The average molecular weight is 275 g/mol. The maximum atomic E-state index is 13.1. The van der Waals surface area contributed by atoms with Crippen molar-refractivity contribution in [1.82, 2.24) is 4.98 Å². The van der Waals surface area contributed by atoms with Gasteiger partial charge in [-0.15, -0.1) is 0 Å². The number of rotatable bonds is 2. The van der Waals surface area contributed by atoms with Crippen LogP contribution >= 0.6 is 0 Å². The monoisotopic (exact) mass is 275 g/mol. The first-order valence-electron chi connectivity index (χ1n) is 4.84. The first-order valence-corrected chi connectivity index (χ1v) is 4.84. The molecule has 0 radical (unpaired) electrons. The summed E-state index contributed by atoms with van der Waals surface area (Å²) in [5, 5.41) is 8.60. The van der Waals surface area contributed by atoms with Crippen LogP contribution in [0.4, 0.5) is 17.6 Å². The van der Waals surface area contributed by atoms with E-state index in [1.165, 1.54) is 0 Å². The minimum absolute atomic E-state index is 0.292. The predicted octanol–water partition coefficient (Wildman–Crippen LogP) is 3.20. The minimum Gasteiger partial charge on any atom is -0.475 e. The molecule has 1 heterocycles. The Morgan fingerprint density at radius 1 is 1.26 bits per heavy atom. The molecule has 2 aromatic rings. The molecule has 0 amide bonds. The van der Waals surface area contributed by atoms with Crippen molar-refractivity contribution in [3.8, 4) is 11.5 Å². The molecule has 0 unspecified atom stereocenters. The number of alkyl halides is 3. The van der Waals surface area contributed by atoms with E-state index in [4.69, 9.17) is 9.52 Å². The van der Waals surface area contributed by atoms with E-state index in [-0.39, 0.29) is 5.56 Å². The lowest BCUT2D eigenvalue weighted by atomic mass is 10.1. The number of aromatic nitrogens is 1. The Morgan fingerprint density at radius 2 is 1.95 bits per heavy atom. The van der Waals surface area contributed by atoms with Crippen LogP contribution in [0.5, 0.6) is 0 Å². The highest BCUT2D eigenvalue weighted by Gasteiger charge is 2.32. The molecule has 1 aromatic heterocycles. The van der Waals surface area contributed by atoms with Crippen molar-refractivity contribution >= 4 is 5.97 Å². The summed E-state index contributed by atoms with van der Waals surface area (Å²) in [6, 6.07) is 1.72. The highest BCUT2D eigenvalue weighted by atomic mass is 19.4. The van der Waals surface area contributed by atoms with Gasteiger partial charge in [-0.3, -0.25) is 0 Å². The topological polar surface area (TPSA) is 63.3 Å². The van der Waals surface area contributed by atoms with Gasteiger partial charge in [0.05, 0.1) is 11.8 Å². The predicted molar refractivity (Wildman–Crippen MR) is 53.9 cm³/mol. The van der Waals surface area contributed by atoms with Crippen molar-refractivity contribution in [2.24, 2.45) is 0 Å². The van der Waals surface area contributed by atoms with Crippen molar-refractivity contribution in [2.45, 2.75) is 6.18 Å². The Bertz CT molecular complexity index is 633. The highest BCUT2D eigenvalue weighted by molar-refractivity contribution is 5.84. The summed E-state index contributed by atoms with van der Waals surface area (Å²) in [5.74, 6) is -3.50. The number of benzene rings is 1. The molecule has 0 aliphatic carbocycles. The second-order valence-electron chi connectivity index (χ2n) is 3.56. The fourth-order valence-electron chi connectivity index (χ4n) is 1.38. The second-order valence-corrected chi connectivity index (χ2v) is 3.56. The summed E-state index contributed by atoms with van der Waals surface area (Å²) in [4.78, 5) is 14.0. The van der Waals surface area contributed by atoms with Crippen molar-refractivity contribution in [3.05, 3.63) is 41.5 Å². The van der Waals surface area contributed by atoms with E-state index in [0.29, 0.717) is 12.1 Å². The van der Waals surface area contributed by atoms with E-state index in [0.717, 1.165) is 12.3 Å². The lowest BCUT2D eigenvalue weighted by Gasteiger charge is -2.07. The van der Waals surface area contributed by atoms with Gasteiger partial charge in [0.25, 0.3) is 0 Å². The van der Waals surface area contributed by atoms with E-state index in [1.807, 2.05) is 0 Å². The molecule has 2 rings (SSSR count). The Balaban J connectivity index is 2.50. The van der Waals surface area contributed by atoms with Crippen LogP contribution in [0, 0.1) is 5.82 Å². The van der Waals surface area contributed by atoms with Gasteiger partial charge in [0.2, 0.25) is 11.7 Å². The van der Waals surface area contributed by atoms with Crippen molar-refractivity contribution in [3.63, 3.8) is 0 Å². The van der Waals surface area contributed by atoms with Crippen molar-refractivity contribution in [1.29, 1.82) is 0 Å². The number of hydrogen-bond donors (Lipinski definition) is 1. The summed E-state index contributed by atoms with van der Waals surface area (Å²) in [6.07, 6.45) is -3.89. The Morgan fingerprint density at radius 3 is 2.47 bits per heavy atom. The van der Waals surface area contributed by atoms with Crippen LogP contribution in [0.25, 0.3) is 11.5 Å². The van der Waals surface area contributed by atoms with Crippen LogP contribution in [0.1, 0.15) is 16.1 Å². The normalized spacial score (nSPS) is 11.6. The van der Waals surface area contributed by atoms with Gasteiger partial charge in [0.15, 0.2) is 0 Å². The van der Waals surface area contributed by atoms with Crippen LogP contribution in [-0.2, 0) is 6.18 Å². The summed E-state index contributed by atoms with van der Waals surface area (Å²) in [7, 11) is 0. The Hall–Kier alpha value is -2.38. The minimum atomic E-state index is -4.72. The largest absolute Gasteiger partial charge is 0.475 e. The Kier molecular flexibility index (Phi) is 3.01. The molecule has 8 heteroatoms. The fourth-order valence-corrected chi connectivity index (χ4v) is 1.38. The standard InChI is InChI=1S/C11H5F4NO3/c12-7-2-5(1-6(3-7)11(13,14)15)9-16-4-8(19-9)10(17)18/h1-4H,(H,17,18). The molecular weight excluding hydrogens is 270 g/mol. The van der Waals surface area contributed by atoms with Gasteiger partial charge in [0, 0.05) is 5.56 Å². The first-order chi connectivity index (χ1) is 8.77. The number of carboxylic acid groups (broad SMARTS) is 1. The van der Waals surface area contributed by atoms with E-state index in [9.17, 15) is 22.4 Å². The second kappa shape index (κ2) is 4.38. The SMILES string of the molecule is O=C(O)c1cnc(-c2cc(F)cc(C(F)(F)F)c2)o1. The van der Waals surface area contributed by atoms with Gasteiger partial charge in [0.1, 0.15) is 5.82 Å². The number of hydrogen-bond acceptors (Lipinski definition) is 3. The number of aromatic carboxylic acids is 1. The van der Waals surface area contributed by atoms with E-state index >= 15 is 0 Å². The molecule has 1 aromatic carbocycles. The van der Waals surface area contributed by atoms with Gasteiger partial charge in [-0.2, -0.15) is 13.2 Å². The number of halogens is 4. The van der Waals surface area contributed by atoms with Gasteiger partial charge in [-0.25, -0.2) is 14.2 Å². The van der Waals surface area contributed by atoms with Gasteiger partial charge in [-0.05, 0) is 18.2 Å². The average Bonchev–Trinajstić information content (AvgIpc) is 2.76. The number of carboxylic acids is 1. The zero-order valence-corrected chi connectivity index (χ0v) is 9.03. The van der Waals surface area contributed by atoms with Crippen LogP contribution < -0.4 is 0 Å². The molecule has 1 N–H and O–H groups in total. The maximum Gasteiger partial charge on any atom is 0.416 e. The summed E-state index contributed by atoms with van der Waals surface area (Å²) >= 11 is 0. The lowest BCUT2D eigenvalue weighted by molar-refractivity contribution is -0.137. The Labute approximate surface area is 103 Å². The van der Waals surface area contributed by atoms with Gasteiger partial charge < -0.3 is 9.52 Å². The quantitative estimate of drug-likeness (QED) is 0.855. The molecule has 0 bridgehead atoms. The molecular formula is C11H5F4NO3. The summed E-state index contributed by atoms with van der Waals surface area (Å²) < 4.78 is 55.3. The molecule has 0 fully saturated rings. The molecule has 0 aliphatic heterocycles. The molecule has 0 saturated carbocycles. The van der Waals surface area contributed by atoms with Crippen molar-refractivity contribution in [2.75, 3.05) is 0 Å². The van der Waals surface area contributed by atoms with Crippen LogP contribution in [0.3, 0.4) is 0 Å². The van der Waals surface area contributed by atoms with Crippen LogP contribution in [-0.4, -0.2) is 16.1 Å². The zero-order valence-electron chi connectivity index (χ0n) is 9.03. The van der Waals surface area contributed by atoms with E-state index < -0.39 is 35.2 Å². The molecule has 0 aliphatic rings. The van der Waals surface area contributed by atoms with E-state index in [1.54, 1.807) is 0 Å². The number of carbonyl (C=O) groups is 1. The third-order valence-corrected chi connectivity index (χ3v) is 2.19. The third kappa shape index (κ3) is 2.72. The third-order valence-electron chi connectivity index (χ3n) is 2.19. The molecule has 4 nitrogen and oxygen atoms in total. The smallest absolute Gasteiger partial charge is 0.416 e. The van der Waals surface area contributed by atoms with Crippen molar-refractivity contribution < 1.29 is 31.9 Å².